The van der Waals surface area contributed by atoms with Crippen LogP contribution in [-0.2, 0) is 9.59 Å². The molecule has 0 aromatic rings. The van der Waals surface area contributed by atoms with Crippen LogP contribution in [0.3, 0.4) is 0 Å². The van der Waals surface area contributed by atoms with E-state index in [0.717, 1.165) is 12.8 Å². The molecule has 2 nitrogen and oxygen atoms in total. The number of Topliss-reactive ketones (excluding diaryl/α,β-unsaturated/α-hetero) is 2. The van der Waals surface area contributed by atoms with Crippen LogP contribution < -0.4 is 0 Å². The quantitative estimate of drug-likeness (QED) is 0.504. The van der Waals surface area contributed by atoms with E-state index in [0.29, 0.717) is 11.8 Å². The maximum atomic E-state index is 12.1. The fraction of sp³-hybridized carbons (Fsp3) is 0.882. The number of rotatable bonds is 7. The molecule has 0 heterocycles. The van der Waals surface area contributed by atoms with Crippen LogP contribution in [0.4, 0.5) is 0 Å². The maximum absolute atomic E-state index is 12.1. The molecule has 116 valence electrons. The first-order valence-electron chi connectivity index (χ1n) is 8.29. The predicted octanol–water partition coefficient (Wildman–Crippen LogP) is 4.71. The van der Waals surface area contributed by atoms with Crippen LogP contribution in [0.25, 0.3) is 0 Å². The Kier molecular flexibility index (Phi) is 5.76. The Balaban J connectivity index is 2.95. The molecule has 2 atom stereocenters. The molecule has 0 aromatic heterocycles. The van der Waals surface area contributed by atoms with E-state index in [2.05, 4.69) is 27.7 Å². The van der Waals surface area contributed by atoms with E-state index >= 15 is 0 Å². The third-order valence-corrected chi connectivity index (χ3v) is 12.3. The van der Waals surface area contributed by atoms with Crippen molar-refractivity contribution in [3.63, 3.8) is 0 Å². The molecule has 1 aliphatic carbocycles. The Bertz CT molecular complexity index is 349. The molecule has 1 saturated carbocycles. The fourth-order valence-electron chi connectivity index (χ4n) is 4.28. The summed E-state index contributed by atoms with van der Waals surface area (Å²) in [6.07, 6.45) is 1.59. The van der Waals surface area contributed by atoms with Crippen molar-refractivity contribution in [1.29, 1.82) is 0 Å². The van der Waals surface area contributed by atoms with Gasteiger partial charge in [-0.05, 0) is 38.5 Å². The van der Waals surface area contributed by atoms with Gasteiger partial charge >= 0.3 is 0 Å². The van der Waals surface area contributed by atoms with Crippen molar-refractivity contribution >= 4 is 19.6 Å². The first kappa shape index (κ1) is 17.6. The van der Waals surface area contributed by atoms with Crippen LogP contribution in [-0.4, -0.2) is 19.6 Å². The maximum Gasteiger partial charge on any atom is 0.143 e. The summed E-state index contributed by atoms with van der Waals surface area (Å²) in [6.45, 7) is 12.5. The Hall–Kier alpha value is -0.443. The lowest BCUT2D eigenvalue weighted by atomic mass is 9.78. The van der Waals surface area contributed by atoms with Crippen LogP contribution in [0.1, 0.15) is 54.4 Å². The SMILES string of the molecule is CC[Si](CC)(CC)C[C@@H]1CC(C(C)=O)(C(C)=O)C[C@H]1C. The van der Waals surface area contributed by atoms with Gasteiger partial charge < -0.3 is 0 Å². The van der Waals surface area contributed by atoms with Crippen LogP contribution in [0.15, 0.2) is 0 Å². The number of carbonyl (C=O) groups excluding carboxylic acids is 2. The van der Waals surface area contributed by atoms with E-state index < -0.39 is 13.5 Å². The summed E-state index contributed by atoms with van der Waals surface area (Å²) < 4.78 is 0. The van der Waals surface area contributed by atoms with Crippen molar-refractivity contribution in [3.05, 3.63) is 0 Å². The van der Waals surface area contributed by atoms with E-state index in [4.69, 9.17) is 0 Å². The van der Waals surface area contributed by atoms with Crippen molar-refractivity contribution in [1.82, 2.24) is 0 Å². The van der Waals surface area contributed by atoms with Gasteiger partial charge in [0.05, 0.1) is 13.5 Å². The van der Waals surface area contributed by atoms with Gasteiger partial charge in [0.2, 0.25) is 0 Å². The highest BCUT2D eigenvalue weighted by Gasteiger charge is 2.51. The van der Waals surface area contributed by atoms with Gasteiger partial charge in [-0.3, -0.25) is 9.59 Å². The van der Waals surface area contributed by atoms with Crippen molar-refractivity contribution in [3.8, 4) is 0 Å². The molecule has 0 saturated heterocycles. The van der Waals surface area contributed by atoms with Crippen LogP contribution in [0, 0.1) is 17.3 Å². The molecule has 0 unspecified atom stereocenters. The highest BCUT2D eigenvalue weighted by molar-refractivity contribution is 6.79. The van der Waals surface area contributed by atoms with Gasteiger partial charge in [-0.25, -0.2) is 0 Å². The second kappa shape index (κ2) is 6.55. The number of hydrogen-bond acceptors (Lipinski definition) is 2. The Morgan fingerprint density at radius 1 is 1.00 bits per heavy atom. The van der Waals surface area contributed by atoms with Crippen molar-refractivity contribution in [2.75, 3.05) is 0 Å². The molecule has 1 aliphatic rings. The lowest BCUT2D eigenvalue weighted by Crippen LogP contribution is -2.36. The topological polar surface area (TPSA) is 34.1 Å². The van der Waals surface area contributed by atoms with Gasteiger partial charge in [0, 0.05) is 0 Å². The molecule has 20 heavy (non-hydrogen) atoms. The smallest absolute Gasteiger partial charge is 0.143 e. The summed E-state index contributed by atoms with van der Waals surface area (Å²) in [4.78, 5) is 24.1. The van der Waals surface area contributed by atoms with Gasteiger partial charge in [0.25, 0.3) is 0 Å². The van der Waals surface area contributed by atoms with Gasteiger partial charge in [0.15, 0.2) is 0 Å². The summed E-state index contributed by atoms with van der Waals surface area (Å²) in [5, 5.41) is 0. The van der Waals surface area contributed by atoms with Gasteiger partial charge in [-0.2, -0.15) is 0 Å². The summed E-state index contributed by atoms with van der Waals surface area (Å²) in [5.41, 5.74) is -0.653. The Morgan fingerprint density at radius 3 is 1.75 bits per heavy atom. The number of hydrogen-bond donors (Lipinski definition) is 0. The summed E-state index contributed by atoms with van der Waals surface area (Å²) >= 11 is 0. The van der Waals surface area contributed by atoms with Crippen LogP contribution >= 0.6 is 0 Å². The second-order valence-electron chi connectivity index (χ2n) is 7.10. The standard InChI is InChI=1S/C17H32O2Si/c1-7-20(8-2,9-3)12-16-11-17(14(5)18,15(6)19)10-13(16)4/h13,16H,7-12H2,1-6H3/t13-,16+/m1/s1. The Morgan fingerprint density at radius 2 is 1.45 bits per heavy atom. The number of ketones is 2. The largest absolute Gasteiger partial charge is 0.299 e. The molecule has 0 radical (unpaired) electrons. The van der Waals surface area contributed by atoms with Crippen molar-refractivity contribution in [2.24, 2.45) is 17.3 Å². The normalized spacial score (nSPS) is 25.7. The van der Waals surface area contributed by atoms with E-state index in [9.17, 15) is 9.59 Å². The molecule has 0 bridgehead atoms. The van der Waals surface area contributed by atoms with E-state index in [1.165, 1.54) is 24.2 Å². The molecule has 0 amide bonds. The van der Waals surface area contributed by atoms with E-state index in [-0.39, 0.29) is 11.6 Å². The highest BCUT2D eigenvalue weighted by atomic mass is 28.3. The predicted molar refractivity (Wildman–Crippen MR) is 87.7 cm³/mol. The average molecular weight is 297 g/mol. The molecule has 0 aromatic carbocycles. The molecule has 1 fully saturated rings. The third kappa shape index (κ3) is 3.08. The molecule has 3 heteroatoms. The minimum absolute atomic E-state index is 0.0936. The third-order valence-electron chi connectivity index (χ3n) is 6.38. The van der Waals surface area contributed by atoms with Crippen LogP contribution in [0.2, 0.25) is 24.2 Å². The summed E-state index contributed by atoms with van der Waals surface area (Å²) in [6, 6.07) is 5.29. The fourth-order valence-corrected chi connectivity index (χ4v) is 8.31. The minimum Gasteiger partial charge on any atom is -0.299 e. The summed E-state index contributed by atoms with van der Waals surface area (Å²) in [7, 11) is -1.18. The van der Waals surface area contributed by atoms with Gasteiger partial charge in [-0.1, -0.05) is 51.9 Å². The minimum atomic E-state index is -1.18. The first-order chi connectivity index (χ1) is 9.26. The van der Waals surface area contributed by atoms with E-state index in [1.807, 2.05) is 0 Å². The zero-order valence-electron chi connectivity index (χ0n) is 14.2. The first-order valence-corrected chi connectivity index (χ1v) is 11.1. The molecule has 0 aliphatic heterocycles. The zero-order chi connectivity index (χ0) is 15.6. The molecular weight excluding hydrogens is 264 g/mol. The number of carbonyl (C=O) groups is 2. The summed E-state index contributed by atoms with van der Waals surface area (Å²) in [5.74, 6) is 1.28. The molecule has 0 spiro atoms. The van der Waals surface area contributed by atoms with Crippen LogP contribution in [0.5, 0.6) is 0 Å². The molecular formula is C17H32O2Si. The molecule has 0 N–H and O–H groups in total. The Labute approximate surface area is 125 Å². The lowest BCUT2D eigenvalue weighted by Gasteiger charge is -2.33. The average Bonchev–Trinajstić information content (AvgIpc) is 2.75. The zero-order valence-corrected chi connectivity index (χ0v) is 15.2. The van der Waals surface area contributed by atoms with Crippen molar-refractivity contribution in [2.45, 2.75) is 78.6 Å². The lowest BCUT2D eigenvalue weighted by molar-refractivity contribution is -0.138. The van der Waals surface area contributed by atoms with Gasteiger partial charge in [0.1, 0.15) is 11.6 Å². The van der Waals surface area contributed by atoms with Crippen molar-refractivity contribution < 1.29 is 9.59 Å². The molecule has 1 rings (SSSR count). The van der Waals surface area contributed by atoms with E-state index in [1.54, 1.807) is 13.8 Å². The second-order valence-corrected chi connectivity index (χ2v) is 12.6. The monoisotopic (exact) mass is 296 g/mol. The van der Waals surface area contributed by atoms with Gasteiger partial charge in [-0.15, -0.1) is 0 Å². The highest BCUT2D eigenvalue weighted by Crippen LogP contribution is 2.50.